The third-order valence-corrected chi connectivity index (χ3v) is 6.46. The smallest absolute Gasteiger partial charge is 0.303 e. The number of hydrogen-bond donors (Lipinski definition) is 2. The summed E-state index contributed by atoms with van der Waals surface area (Å²) in [5, 5.41) is 20.6. The third kappa shape index (κ3) is 5.66. The molecule has 3 unspecified atom stereocenters. The van der Waals surface area contributed by atoms with Gasteiger partial charge in [0.2, 0.25) is 0 Å². The molecule has 1 saturated carbocycles. The summed E-state index contributed by atoms with van der Waals surface area (Å²) >= 11 is 0. The molecule has 0 aromatic heterocycles. The standard InChI is InChI=1S/C25H31FO4/c26-25-20-9-6-5-7-17(20)11-14-21(25)23(28)16-13-18-12-15-22(27)19(18)8-3-1-2-4-10-24(29)30/h5-7,9,11,14,18-19,23,28H,1-4,8,10,12-13,15-16H2,(H,29,30). The van der Waals surface area contributed by atoms with Crippen molar-refractivity contribution < 1.29 is 24.2 Å². The maximum atomic E-state index is 14.8. The number of unbranched alkanes of at least 4 members (excludes halogenated alkanes) is 3. The molecule has 0 aliphatic heterocycles. The number of benzene rings is 2. The number of Topliss-reactive ketones (excluding diaryl/α,β-unsaturated/α-hetero) is 1. The van der Waals surface area contributed by atoms with Gasteiger partial charge in [-0.05, 0) is 43.4 Å². The summed E-state index contributed by atoms with van der Waals surface area (Å²) < 4.78 is 14.8. The van der Waals surface area contributed by atoms with Crippen molar-refractivity contribution in [3.63, 3.8) is 0 Å². The molecule has 2 N–H and O–H groups in total. The minimum Gasteiger partial charge on any atom is -0.481 e. The highest BCUT2D eigenvalue weighted by atomic mass is 19.1. The number of fused-ring (bicyclic) bond motifs is 1. The van der Waals surface area contributed by atoms with Crippen molar-refractivity contribution in [1.82, 2.24) is 0 Å². The molecular weight excluding hydrogens is 383 g/mol. The first kappa shape index (κ1) is 22.4. The fourth-order valence-corrected chi connectivity index (χ4v) is 4.75. The first-order valence-corrected chi connectivity index (χ1v) is 11.1. The molecule has 0 saturated heterocycles. The van der Waals surface area contributed by atoms with Crippen LogP contribution >= 0.6 is 0 Å². The largest absolute Gasteiger partial charge is 0.481 e. The maximum absolute atomic E-state index is 14.8. The second-order valence-corrected chi connectivity index (χ2v) is 8.50. The zero-order valence-electron chi connectivity index (χ0n) is 17.4. The fraction of sp³-hybridized carbons (Fsp3) is 0.520. The van der Waals surface area contributed by atoms with Crippen LogP contribution in [-0.2, 0) is 9.59 Å². The van der Waals surface area contributed by atoms with E-state index < -0.39 is 12.1 Å². The Morgan fingerprint density at radius 3 is 2.63 bits per heavy atom. The van der Waals surface area contributed by atoms with Gasteiger partial charge < -0.3 is 10.2 Å². The van der Waals surface area contributed by atoms with E-state index in [-0.39, 0.29) is 24.1 Å². The van der Waals surface area contributed by atoms with Gasteiger partial charge in [0.05, 0.1) is 6.10 Å². The Kier molecular flexibility index (Phi) is 7.97. The van der Waals surface area contributed by atoms with E-state index in [0.717, 1.165) is 37.5 Å². The first-order valence-electron chi connectivity index (χ1n) is 11.1. The lowest BCUT2D eigenvalue weighted by Gasteiger charge is -2.20. The van der Waals surface area contributed by atoms with Gasteiger partial charge in [-0.25, -0.2) is 4.39 Å². The summed E-state index contributed by atoms with van der Waals surface area (Å²) in [7, 11) is 0. The summed E-state index contributed by atoms with van der Waals surface area (Å²) in [5.74, 6) is -0.548. The highest BCUT2D eigenvalue weighted by molar-refractivity contribution is 5.84. The van der Waals surface area contributed by atoms with Gasteiger partial charge in [0.25, 0.3) is 0 Å². The van der Waals surface area contributed by atoms with Gasteiger partial charge in [0, 0.05) is 29.7 Å². The van der Waals surface area contributed by atoms with Crippen molar-refractivity contribution in [3.05, 3.63) is 47.8 Å². The number of aliphatic hydroxyl groups is 1. The number of carboxylic acids is 1. The Balaban J connectivity index is 1.51. The summed E-state index contributed by atoms with van der Waals surface area (Å²) in [4.78, 5) is 22.9. The maximum Gasteiger partial charge on any atom is 0.303 e. The molecule has 3 rings (SSSR count). The average molecular weight is 415 g/mol. The van der Waals surface area contributed by atoms with Crippen molar-refractivity contribution >= 4 is 22.5 Å². The van der Waals surface area contributed by atoms with E-state index in [0.29, 0.717) is 42.4 Å². The van der Waals surface area contributed by atoms with Crippen LogP contribution in [0.25, 0.3) is 10.8 Å². The second kappa shape index (κ2) is 10.7. The van der Waals surface area contributed by atoms with Gasteiger partial charge in [-0.1, -0.05) is 55.7 Å². The number of ketones is 1. The normalized spacial score (nSPS) is 20.0. The van der Waals surface area contributed by atoms with Crippen LogP contribution in [0.15, 0.2) is 36.4 Å². The minimum absolute atomic E-state index is 0.0260. The molecule has 0 spiro atoms. The lowest BCUT2D eigenvalue weighted by atomic mass is 9.85. The number of hydrogen-bond acceptors (Lipinski definition) is 3. The SMILES string of the molecule is O=C(O)CCCCCCC1C(=O)CCC1CCC(O)c1ccc2ccccc2c1F. The van der Waals surface area contributed by atoms with Crippen LogP contribution in [-0.4, -0.2) is 22.0 Å². The van der Waals surface area contributed by atoms with Crippen LogP contribution in [0.5, 0.6) is 0 Å². The lowest BCUT2D eigenvalue weighted by Crippen LogP contribution is -2.16. The van der Waals surface area contributed by atoms with Gasteiger partial charge in [-0.3, -0.25) is 9.59 Å². The summed E-state index contributed by atoms with van der Waals surface area (Å²) in [6, 6.07) is 10.7. The molecule has 162 valence electrons. The lowest BCUT2D eigenvalue weighted by molar-refractivity contribution is -0.137. The number of halogens is 1. The number of aliphatic carboxylic acids is 1. The van der Waals surface area contributed by atoms with E-state index in [1.807, 2.05) is 18.2 Å². The van der Waals surface area contributed by atoms with Gasteiger partial charge in [0.15, 0.2) is 0 Å². The van der Waals surface area contributed by atoms with Gasteiger partial charge in [-0.15, -0.1) is 0 Å². The van der Waals surface area contributed by atoms with E-state index in [9.17, 15) is 19.1 Å². The number of carbonyl (C=O) groups is 2. The number of aliphatic hydroxyl groups excluding tert-OH is 1. The zero-order chi connectivity index (χ0) is 21.5. The Labute approximate surface area is 177 Å². The molecular formula is C25H31FO4. The van der Waals surface area contributed by atoms with Crippen molar-refractivity contribution in [1.29, 1.82) is 0 Å². The van der Waals surface area contributed by atoms with Crippen LogP contribution in [0.4, 0.5) is 4.39 Å². The van der Waals surface area contributed by atoms with Crippen molar-refractivity contribution in [2.75, 3.05) is 0 Å². The summed E-state index contributed by atoms with van der Waals surface area (Å²) in [6.45, 7) is 0. The van der Waals surface area contributed by atoms with E-state index in [1.165, 1.54) is 0 Å². The molecule has 1 fully saturated rings. The molecule has 1 aliphatic rings. The molecule has 5 heteroatoms. The van der Waals surface area contributed by atoms with Crippen LogP contribution in [0.1, 0.15) is 75.9 Å². The molecule has 2 aromatic carbocycles. The van der Waals surface area contributed by atoms with Gasteiger partial charge in [-0.2, -0.15) is 0 Å². The monoisotopic (exact) mass is 414 g/mol. The van der Waals surface area contributed by atoms with Crippen LogP contribution < -0.4 is 0 Å². The van der Waals surface area contributed by atoms with Crippen molar-refractivity contribution in [2.45, 2.75) is 70.3 Å². The Morgan fingerprint density at radius 2 is 1.83 bits per heavy atom. The molecule has 4 nitrogen and oxygen atoms in total. The van der Waals surface area contributed by atoms with E-state index in [4.69, 9.17) is 5.11 Å². The first-order chi connectivity index (χ1) is 14.5. The number of carbonyl (C=O) groups excluding carboxylic acids is 1. The average Bonchev–Trinajstić information content (AvgIpc) is 3.08. The second-order valence-electron chi connectivity index (χ2n) is 8.50. The predicted octanol–water partition coefficient (Wildman–Crippen LogP) is 5.81. The van der Waals surface area contributed by atoms with Crippen LogP contribution in [0.2, 0.25) is 0 Å². The number of rotatable bonds is 11. The van der Waals surface area contributed by atoms with E-state index in [1.54, 1.807) is 18.2 Å². The molecule has 0 heterocycles. The molecule has 1 aliphatic carbocycles. The predicted molar refractivity (Wildman–Crippen MR) is 115 cm³/mol. The Hall–Kier alpha value is -2.27. The van der Waals surface area contributed by atoms with Crippen molar-refractivity contribution in [3.8, 4) is 0 Å². The third-order valence-electron chi connectivity index (χ3n) is 6.46. The highest BCUT2D eigenvalue weighted by Gasteiger charge is 2.34. The molecule has 30 heavy (non-hydrogen) atoms. The zero-order valence-corrected chi connectivity index (χ0v) is 17.4. The molecule has 0 amide bonds. The van der Waals surface area contributed by atoms with Gasteiger partial charge >= 0.3 is 5.97 Å². The van der Waals surface area contributed by atoms with Gasteiger partial charge in [0.1, 0.15) is 11.6 Å². The summed E-state index contributed by atoms with van der Waals surface area (Å²) in [6.07, 6.45) is 6.17. The van der Waals surface area contributed by atoms with Crippen LogP contribution in [0.3, 0.4) is 0 Å². The quantitative estimate of drug-likeness (QED) is 0.455. The molecule has 2 aromatic rings. The van der Waals surface area contributed by atoms with E-state index >= 15 is 0 Å². The summed E-state index contributed by atoms with van der Waals surface area (Å²) in [5.41, 5.74) is 0.327. The molecule has 3 atom stereocenters. The topological polar surface area (TPSA) is 74.6 Å². The fourth-order valence-electron chi connectivity index (χ4n) is 4.75. The minimum atomic E-state index is -0.873. The van der Waals surface area contributed by atoms with E-state index in [2.05, 4.69) is 0 Å². The van der Waals surface area contributed by atoms with Crippen molar-refractivity contribution in [2.24, 2.45) is 11.8 Å². The van der Waals surface area contributed by atoms with Crippen LogP contribution in [0, 0.1) is 17.7 Å². The molecule has 0 radical (unpaired) electrons. The Bertz CT molecular complexity index is 879. The highest BCUT2D eigenvalue weighted by Crippen LogP contribution is 2.38. The molecule has 0 bridgehead atoms. The Morgan fingerprint density at radius 1 is 1.07 bits per heavy atom. The number of carboxylic acid groups (broad SMARTS) is 1.